The van der Waals surface area contributed by atoms with Crippen molar-refractivity contribution < 1.29 is 4.79 Å². The summed E-state index contributed by atoms with van der Waals surface area (Å²) in [7, 11) is 0. The van der Waals surface area contributed by atoms with Crippen LogP contribution in [0.15, 0.2) is 18.2 Å². The molecule has 2 fully saturated rings. The molecule has 2 aromatic rings. The van der Waals surface area contributed by atoms with E-state index < -0.39 is 5.54 Å². The van der Waals surface area contributed by atoms with Crippen LogP contribution in [0, 0.1) is 0 Å². The van der Waals surface area contributed by atoms with Crippen molar-refractivity contribution in [1.29, 1.82) is 0 Å². The molecule has 24 heavy (non-hydrogen) atoms. The average molecular weight is 344 g/mol. The number of hydrogen-bond acceptors (Lipinski definition) is 5. The minimum Gasteiger partial charge on any atom is -0.348 e. The Balaban J connectivity index is 1.53. The van der Waals surface area contributed by atoms with Crippen LogP contribution in [0.2, 0.25) is 0 Å². The first-order valence-corrected chi connectivity index (χ1v) is 9.72. The lowest BCUT2D eigenvalue weighted by molar-refractivity contribution is -0.122. The van der Waals surface area contributed by atoms with E-state index in [0.29, 0.717) is 0 Å². The largest absolute Gasteiger partial charge is 0.348 e. The van der Waals surface area contributed by atoms with E-state index in [1.54, 1.807) is 11.3 Å². The van der Waals surface area contributed by atoms with Gasteiger partial charge in [-0.3, -0.25) is 4.79 Å². The van der Waals surface area contributed by atoms with Gasteiger partial charge in [-0.25, -0.2) is 4.98 Å². The zero-order valence-corrected chi connectivity index (χ0v) is 14.7. The number of benzene rings is 1. The van der Waals surface area contributed by atoms with Gasteiger partial charge in [0.1, 0.15) is 0 Å². The molecule has 1 amide bonds. The molecule has 0 spiro atoms. The smallest absolute Gasteiger partial charge is 0.244 e. The van der Waals surface area contributed by atoms with Crippen LogP contribution in [0.3, 0.4) is 0 Å². The standard InChI is InChI=1S/C18H24N4OS/c19-18(8-2-1-3-9-18)16(23)20-13-6-7-14-15(12-13)24-17(21-14)22-10-4-5-11-22/h6-7,12H,1-5,8-11,19H2,(H,20,23). The van der Waals surface area contributed by atoms with Gasteiger partial charge in [0.15, 0.2) is 5.13 Å². The normalized spacial score (nSPS) is 20.5. The number of carbonyl (C=O) groups excluding carboxylic acids is 1. The first kappa shape index (κ1) is 15.8. The Hall–Kier alpha value is -1.66. The summed E-state index contributed by atoms with van der Waals surface area (Å²) in [6.07, 6.45) is 7.30. The Morgan fingerprint density at radius 3 is 2.67 bits per heavy atom. The number of aromatic nitrogens is 1. The van der Waals surface area contributed by atoms with E-state index in [4.69, 9.17) is 10.7 Å². The molecular weight excluding hydrogens is 320 g/mol. The fourth-order valence-corrected chi connectivity index (χ4v) is 4.76. The molecule has 1 saturated heterocycles. The molecule has 2 heterocycles. The molecule has 1 aliphatic heterocycles. The van der Waals surface area contributed by atoms with Gasteiger partial charge in [0, 0.05) is 18.8 Å². The molecule has 1 aromatic heterocycles. The molecule has 0 atom stereocenters. The van der Waals surface area contributed by atoms with Crippen molar-refractivity contribution in [1.82, 2.24) is 4.98 Å². The van der Waals surface area contributed by atoms with Gasteiger partial charge in [-0.2, -0.15) is 0 Å². The number of thiazole rings is 1. The number of nitrogens with two attached hydrogens (primary N) is 1. The topological polar surface area (TPSA) is 71.2 Å². The predicted molar refractivity (Wildman–Crippen MR) is 99.7 cm³/mol. The molecule has 1 aromatic carbocycles. The van der Waals surface area contributed by atoms with Crippen molar-refractivity contribution in [3.05, 3.63) is 18.2 Å². The lowest BCUT2D eigenvalue weighted by Crippen LogP contribution is -2.52. The zero-order chi connectivity index (χ0) is 16.6. The SMILES string of the molecule is NC1(C(=O)Nc2ccc3nc(N4CCCC4)sc3c2)CCCCC1. The monoisotopic (exact) mass is 344 g/mol. The summed E-state index contributed by atoms with van der Waals surface area (Å²) in [6, 6.07) is 5.95. The lowest BCUT2D eigenvalue weighted by atomic mass is 9.82. The fraction of sp³-hybridized carbons (Fsp3) is 0.556. The van der Waals surface area contributed by atoms with Gasteiger partial charge in [0.05, 0.1) is 15.8 Å². The van der Waals surface area contributed by atoms with Crippen molar-refractivity contribution in [2.45, 2.75) is 50.5 Å². The van der Waals surface area contributed by atoms with E-state index in [-0.39, 0.29) is 5.91 Å². The zero-order valence-electron chi connectivity index (χ0n) is 13.9. The van der Waals surface area contributed by atoms with E-state index in [0.717, 1.165) is 59.8 Å². The summed E-state index contributed by atoms with van der Waals surface area (Å²) in [6.45, 7) is 2.19. The van der Waals surface area contributed by atoms with E-state index in [9.17, 15) is 4.79 Å². The minimum absolute atomic E-state index is 0.0502. The quantitative estimate of drug-likeness (QED) is 0.894. The van der Waals surface area contributed by atoms with E-state index >= 15 is 0 Å². The Morgan fingerprint density at radius 1 is 1.17 bits per heavy atom. The number of nitrogens with zero attached hydrogens (tertiary/aromatic N) is 2. The summed E-state index contributed by atoms with van der Waals surface area (Å²) in [5, 5.41) is 4.12. The summed E-state index contributed by atoms with van der Waals surface area (Å²) < 4.78 is 1.12. The lowest BCUT2D eigenvalue weighted by Gasteiger charge is -2.31. The highest BCUT2D eigenvalue weighted by atomic mass is 32.1. The molecule has 0 unspecified atom stereocenters. The van der Waals surface area contributed by atoms with Crippen LogP contribution >= 0.6 is 11.3 Å². The third kappa shape index (κ3) is 3.00. The highest BCUT2D eigenvalue weighted by Crippen LogP contribution is 2.33. The average Bonchev–Trinajstić information content (AvgIpc) is 3.24. The third-order valence-electron chi connectivity index (χ3n) is 5.21. The third-order valence-corrected chi connectivity index (χ3v) is 6.29. The van der Waals surface area contributed by atoms with Crippen molar-refractivity contribution in [3.8, 4) is 0 Å². The first-order valence-electron chi connectivity index (χ1n) is 8.90. The van der Waals surface area contributed by atoms with Crippen molar-refractivity contribution >= 4 is 38.3 Å². The van der Waals surface area contributed by atoms with Gasteiger partial charge in [-0.1, -0.05) is 30.6 Å². The van der Waals surface area contributed by atoms with Crippen LogP contribution in [0.25, 0.3) is 10.2 Å². The van der Waals surface area contributed by atoms with Crippen LogP contribution in [0.5, 0.6) is 0 Å². The number of nitrogens with one attached hydrogen (secondary N) is 1. The summed E-state index contributed by atoms with van der Waals surface area (Å²) >= 11 is 1.70. The molecule has 2 aliphatic rings. The van der Waals surface area contributed by atoms with Gasteiger partial charge < -0.3 is 16.0 Å². The van der Waals surface area contributed by atoms with Gasteiger partial charge in [-0.15, -0.1) is 0 Å². The number of rotatable bonds is 3. The Bertz CT molecular complexity index is 745. The molecule has 1 saturated carbocycles. The number of hydrogen-bond donors (Lipinski definition) is 2. The van der Waals surface area contributed by atoms with Gasteiger partial charge in [0.25, 0.3) is 0 Å². The number of carbonyl (C=O) groups is 1. The Labute approximate surface area is 146 Å². The maximum Gasteiger partial charge on any atom is 0.244 e. The Morgan fingerprint density at radius 2 is 1.92 bits per heavy atom. The van der Waals surface area contributed by atoms with Crippen molar-refractivity contribution in [3.63, 3.8) is 0 Å². The van der Waals surface area contributed by atoms with Gasteiger partial charge in [-0.05, 0) is 43.9 Å². The molecular formula is C18H24N4OS. The fourth-order valence-electron chi connectivity index (χ4n) is 3.70. The minimum atomic E-state index is -0.707. The highest BCUT2D eigenvalue weighted by Gasteiger charge is 2.35. The summed E-state index contributed by atoms with van der Waals surface area (Å²) in [5.74, 6) is -0.0502. The molecule has 4 rings (SSSR count). The van der Waals surface area contributed by atoms with Crippen LogP contribution < -0.4 is 16.0 Å². The highest BCUT2D eigenvalue weighted by molar-refractivity contribution is 7.22. The van der Waals surface area contributed by atoms with Crippen LogP contribution in [0.4, 0.5) is 10.8 Å². The van der Waals surface area contributed by atoms with Crippen LogP contribution in [-0.2, 0) is 4.79 Å². The first-order chi connectivity index (χ1) is 11.6. The van der Waals surface area contributed by atoms with Crippen molar-refractivity contribution in [2.24, 2.45) is 5.73 Å². The van der Waals surface area contributed by atoms with Crippen LogP contribution in [-0.4, -0.2) is 29.5 Å². The van der Waals surface area contributed by atoms with E-state index in [2.05, 4.69) is 10.2 Å². The van der Waals surface area contributed by atoms with Gasteiger partial charge in [0.2, 0.25) is 5.91 Å². The van der Waals surface area contributed by atoms with Crippen molar-refractivity contribution in [2.75, 3.05) is 23.3 Å². The van der Waals surface area contributed by atoms with Crippen LogP contribution in [0.1, 0.15) is 44.9 Å². The molecule has 6 heteroatoms. The molecule has 1 aliphatic carbocycles. The van der Waals surface area contributed by atoms with E-state index in [1.807, 2.05) is 18.2 Å². The molecule has 5 nitrogen and oxygen atoms in total. The molecule has 0 bridgehead atoms. The summed E-state index contributed by atoms with van der Waals surface area (Å²) in [4.78, 5) is 19.7. The summed E-state index contributed by atoms with van der Waals surface area (Å²) in [5.41, 5.74) is 7.43. The number of anilines is 2. The second kappa shape index (κ2) is 6.33. The second-order valence-corrected chi connectivity index (χ2v) is 8.05. The maximum absolute atomic E-state index is 12.6. The van der Waals surface area contributed by atoms with Gasteiger partial charge >= 0.3 is 0 Å². The maximum atomic E-state index is 12.6. The molecule has 128 valence electrons. The molecule has 3 N–H and O–H groups in total. The number of fused-ring (bicyclic) bond motifs is 1. The van der Waals surface area contributed by atoms with E-state index in [1.165, 1.54) is 19.3 Å². The second-order valence-electron chi connectivity index (χ2n) is 7.04. The predicted octanol–water partition coefficient (Wildman–Crippen LogP) is 3.50. The molecule has 0 radical (unpaired) electrons. The number of amides is 1. The Kier molecular flexibility index (Phi) is 4.18.